The second-order valence-corrected chi connectivity index (χ2v) is 2.18. The van der Waals surface area contributed by atoms with Crippen LogP contribution in [0.15, 0.2) is 0 Å². The van der Waals surface area contributed by atoms with E-state index in [1.165, 1.54) is 0 Å². The lowest BCUT2D eigenvalue weighted by atomic mass is 10.1. The molecular weight excluding hydrogens is 226 g/mol. The summed E-state index contributed by atoms with van der Waals surface area (Å²) in [6.45, 7) is 0. The van der Waals surface area contributed by atoms with Crippen molar-refractivity contribution in [1.82, 2.24) is 0 Å². The number of halogens is 8. The maximum Gasteiger partial charge on any atom is 0.400 e. The summed E-state index contributed by atoms with van der Waals surface area (Å²) in [6.07, 6.45) is -4.99. The van der Waals surface area contributed by atoms with Gasteiger partial charge in [-0.15, -0.1) is 0 Å². The topological polar surface area (TPSA) is 23.8 Å². The van der Waals surface area contributed by atoms with Crippen LogP contribution >= 0.6 is 0 Å². The molecule has 0 saturated heterocycles. The van der Waals surface area contributed by atoms with E-state index in [0.29, 0.717) is 0 Å². The molecule has 0 spiro atoms. The fourth-order valence-corrected chi connectivity index (χ4v) is 0.417. The quantitative estimate of drug-likeness (QED) is 0.680. The Bertz CT molecular complexity index is 251. The zero-order valence-electron chi connectivity index (χ0n) is 6.05. The van der Waals surface area contributed by atoms with E-state index in [1.54, 1.807) is 0 Å². The third-order valence-corrected chi connectivity index (χ3v) is 1.23. The third kappa shape index (κ3) is 1.60. The van der Waals surface area contributed by atoms with Gasteiger partial charge in [-0.1, -0.05) is 0 Å². The molecule has 0 aromatic rings. The molecule has 0 atom stereocenters. The molecule has 82 valence electrons. The normalized spacial score (nSPS) is 14.3. The van der Waals surface area contributed by atoms with Gasteiger partial charge in [-0.3, -0.25) is 0 Å². The van der Waals surface area contributed by atoms with Crippen molar-refractivity contribution in [3.05, 3.63) is 0 Å². The van der Waals surface area contributed by atoms with Crippen molar-refractivity contribution in [3.8, 4) is 6.07 Å². The van der Waals surface area contributed by atoms with Crippen molar-refractivity contribution >= 4 is 0 Å². The molecule has 0 amide bonds. The number of nitrogens with zero attached hydrogens (tertiary/aromatic N) is 1. The van der Waals surface area contributed by atoms with Crippen LogP contribution in [-0.2, 0) is 0 Å². The monoisotopic (exact) mass is 227 g/mol. The third-order valence-electron chi connectivity index (χ3n) is 1.23. The highest BCUT2D eigenvalue weighted by Crippen LogP contribution is 2.47. The number of hydrogen-bond acceptors (Lipinski definition) is 1. The zero-order valence-corrected chi connectivity index (χ0v) is 6.05. The summed E-state index contributed by atoms with van der Waals surface area (Å²) in [4.78, 5) is 0. The van der Waals surface area contributed by atoms with Gasteiger partial charge in [0.2, 0.25) is 0 Å². The van der Waals surface area contributed by atoms with E-state index >= 15 is 0 Å². The van der Waals surface area contributed by atoms with E-state index in [0.717, 1.165) is 0 Å². The van der Waals surface area contributed by atoms with Gasteiger partial charge in [0.1, 0.15) is 6.07 Å². The Labute approximate surface area is 71.9 Å². The molecule has 0 saturated carbocycles. The molecule has 0 rings (SSSR count). The summed E-state index contributed by atoms with van der Waals surface area (Å²) in [6, 6.07) is -0.454. The van der Waals surface area contributed by atoms with Crippen molar-refractivity contribution in [2.75, 3.05) is 0 Å². The molecule has 0 unspecified atom stereocenters. The minimum Gasteiger partial charge on any atom is -0.203 e. The fraction of sp³-hybridized carbons (Fsp3) is 0.800. The van der Waals surface area contributed by atoms with Gasteiger partial charge in [-0.05, 0) is 0 Å². The van der Waals surface area contributed by atoms with Gasteiger partial charge < -0.3 is 0 Å². The van der Waals surface area contributed by atoms with Crippen molar-refractivity contribution in [2.45, 2.75) is 24.2 Å². The van der Waals surface area contributed by atoms with E-state index < -0.39 is 30.3 Å². The van der Waals surface area contributed by atoms with Crippen LogP contribution in [0.3, 0.4) is 0 Å². The first kappa shape index (κ1) is 12.9. The summed E-state index contributed by atoms with van der Waals surface area (Å²) in [5.74, 6) is -18.5. The second kappa shape index (κ2) is 3.25. The Hall–Kier alpha value is -1.07. The van der Waals surface area contributed by atoms with Crippen molar-refractivity contribution in [3.63, 3.8) is 0 Å². The van der Waals surface area contributed by atoms with Crippen LogP contribution in [0.5, 0.6) is 0 Å². The molecule has 0 N–H and O–H groups in total. The summed E-state index contributed by atoms with van der Waals surface area (Å²) in [5, 5.41) is 7.42. The maximum atomic E-state index is 12.0. The van der Waals surface area contributed by atoms with Gasteiger partial charge in [-0.25, -0.2) is 8.78 Å². The summed E-state index contributed by atoms with van der Waals surface area (Å²) in [7, 11) is 0. The van der Waals surface area contributed by atoms with E-state index in [2.05, 4.69) is 0 Å². The summed E-state index contributed by atoms with van der Waals surface area (Å²) in [5.41, 5.74) is 0. The molecule has 0 heterocycles. The molecule has 0 fully saturated rings. The molecule has 0 aliphatic rings. The Morgan fingerprint density at radius 2 is 1.29 bits per heavy atom. The molecule has 0 aliphatic heterocycles. The standard InChI is InChI=1S/C5HF8N/c6-2(7)4(10,11)5(12,13)3(8,9)1-14/h2H. The molecule has 14 heavy (non-hydrogen) atoms. The van der Waals surface area contributed by atoms with Gasteiger partial charge in [0.05, 0.1) is 0 Å². The largest absolute Gasteiger partial charge is 0.400 e. The average molecular weight is 227 g/mol. The number of nitriles is 1. The van der Waals surface area contributed by atoms with Crippen LogP contribution in [0.2, 0.25) is 0 Å². The minimum atomic E-state index is -6.41. The van der Waals surface area contributed by atoms with Gasteiger partial charge in [0, 0.05) is 0 Å². The van der Waals surface area contributed by atoms with Gasteiger partial charge >= 0.3 is 24.2 Å². The fourth-order valence-electron chi connectivity index (χ4n) is 0.417. The summed E-state index contributed by atoms with van der Waals surface area (Å²) < 4.78 is 94.1. The maximum absolute atomic E-state index is 12.0. The number of hydrogen-bond donors (Lipinski definition) is 0. The smallest absolute Gasteiger partial charge is 0.203 e. The Morgan fingerprint density at radius 3 is 1.50 bits per heavy atom. The van der Waals surface area contributed by atoms with Crippen molar-refractivity contribution in [1.29, 1.82) is 5.26 Å². The summed E-state index contributed by atoms with van der Waals surface area (Å²) >= 11 is 0. The number of rotatable bonds is 3. The predicted molar refractivity (Wildman–Crippen MR) is 26.5 cm³/mol. The first-order valence-electron chi connectivity index (χ1n) is 2.83. The lowest BCUT2D eigenvalue weighted by Gasteiger charge is -2.28. The SMILES string of the molecule is N#CC(F)(F)C(F)(F)C(F)(F)C(F)F. The highest BCUT2D eigenvalue weighted by molar-refractivity contribution is 5.08. The lowest BCUT2D eigenvalue weighted by molar-refractivity contribution is -0.322. The van der Waals surface area contributed by atoms with Crippen LogP contribution in [0.25, 0.3) is 0 Å². The van der Waals surface area contributed by atoms with E-state index in [9.17, 15) is 35.1 Å². The average Bonchev–Trinajstić information content (AvgIpc) is 2.03. The molecular formula is C5HF8N. The minimum absolute atomic E-state index is 0.454. The highest BCUT2D eigenvalue weighted by atomic mass is 19.4. The Balaban J connectivity index is 5.27. The Kier molecular flexibility index (Phi) is 3.00. The molecule has 0 aliphatic carbocycles. The van der Waals surface area contributed by atoms with Crippen LogP contribution in [0.4, 0.5) is 35.1 Å². The molecule has 9 heteroatoms. The van der Waals surface area contributed by atoms with Crippen LogP contribution in [0.1, 0.15) is 0 Å². The molecule has 0 aromatic heterocycles. The van der Waals surface area contributed by atoms with E-state index in [-0.39, 0.29) is 0 Å². The van der Waals surface area contributed by atoms with Gasteiger partial charge in [0.25, 0.3) is 0 Å². The predicted octanol–water partition coefficient (Wildman–Crippen LogP) is 2.68. The van der Waals surface area contributed by atoms with Crippen LogP contribution in [-0.4, -0.2) is 24.2 Å². The second-order valence-electron chi connectivity index (χ2n) is 2.18. The van der Waals surface area contributed by atoms with E-state index in [4.69, 9.17) is 5.26 Å². The first-order valence-corrected chi connectivity index (χ1v) is 2.83. The number of alkyl halides is 8. The van der Waals surface area contributed by atoms with Crippen molar-refractivity contribution in [2.24, 2.45) is 0 Å². The van der Waals surface area contributed by atoms with E-state index in [1.807, 2.05) is 0 Å². The van der Waals surface area contributed by atoms with Crippen molar-refractivity contribution < 1.29 is 35.1 Å². The van der Waals surface area contributed by atoms with Gasteiger partial charge in [-0.2, -0.15) is 31.6 Å². The molecule has 1 nitrogen and oxygen atoms in total. The van der Waals surface area contributed by atoms with Gasteiger partial charge in [0.15, 0.2) is 0 Å². The molecule has 0 aromatic carbocycles. The van der Waals surface area contributed by atoms with Crippen LogP contribution in [0, 0.1) is 11.3 Å². The van der Waals surface area contributed by atoms with Crippen LogP contribution < -0.4 is 0 Å². The molecule has 0 bridgehead atoms. The first-order chi connectivity index (χ1) is 6.00. The lowest BCUT2D eigenvalue weighted by Crippen LogP contribution is -2.56. The molecule has 0 radical (unpaired) electrons. The zero-order chi connectivity index (χ0) is 11.8. The highest BCUT2D eigenvalue weighted by Gasteiger charge is 2.76. The Morgan fingerprint density at radius 1 is 0.929 bits per heavy atom.